The number of hydrogen-bond acceptors (Lipinski definition) is 4. The van der Waals surface area contributed by atoms with Crippen molar-refractivity contribution in [1.29, 1.82) is 0 Å². The molecule has 0 fully saturated rings. The minimum atomic E-state index is -0.910. The van der Waals surface area contributed by atoms with Crippen LogP contribution in [0.2, 0.25) is 0 Å². The number of ketones is 1. The third kappa shape index (κ3) is 3.87. The van der Waals surface area contributed by atoms with E-state index in [1.807, 2.05) is 65.2 Å². The van der Waals surface area contributed by atoms with Gasteiger partial charge in [0.2, 0.25) is 0 Å². The Balaban J connectivity index is 1.31. The number of fused-ring (bicyclic) bond motifs is 4. The number of aromatic nitrogens is 2. The highest BCUT2D eigenvalue weighted by molar-refractivity contribution is 6.26. The molecular formula is C30H21N3O4. The van der Waals surface area contributed by atoms with E-state index in [9.17, 15) is 19.5 Å². The summed E-state index contributed by atoms with van der Waals surface area (Å²) in [5.41, 5.74) is 5.67. The predicted octanol–water partition coefficient (Wildman–Crippen LogP) is 5.56. The van der Waals surface area contributed by atoms with Crippen LogP contribution in [-0.2, 0) is 4.79 Å². The number of carboxylic acids is 1. The zero-order valence-electron chi connectivity index (χ0n) is 19.6. The molecule has 2 N–H and O–H groups in total. The summed E-state index contributed by atoms with van der Waals surface area (Å²) in [7, 11) is 0. The van der Waals surface area contributed by atoms with Crippen LogP contribution in [-0.4, -0.2) is 32.3 Å². The van der Waals surface area contributed by atoms with E-state index in [1.54, 1.807) is 36.7 Å². The molecule has 5 aromatic rings. The molecule has 37 heavy (non-hydrogen) atoms. The summed E-state index contributed by atoms with van der Waals surface area (Å²) < 4.78 is 1.84. The molecule has 0 spiro atoms. The molecule has 1 unspecified atom stereocenters. The first-order valence-corrected chi connectivity index (χ1v) is 11.8. The molecule has 0 radical (unpaired) electrons. The van der Waals surface area contributed by atoms with Crippen LogP contribution in [0.1, 0.15) is 44.3 Å². The van der Waals surface area contributed by atoms with Gasteiger partial charge in [-0.3, -0.25) is 14.4 Å². The molecule has 0 aliphatic heterocycles. The second-order valence-electron chi connectivity index (χ2n) is 8.94. The summed E-state index contributed by atoms with van der Waals surface area (Å²) >= 11 is 0. The van der Waals surface area contributed by atoms with Crippen LogP contribution in [0.15, 0.2) is 97.3 Å². The molecule has 1 aliphatic carbocycles. The van der Waals surface area contributed by atoms with Gasteiger partial charge in [-0.25, -0.2) is 4.98 Å². The van der Waals surface area contributed by atoms with Crippen LogP contribution < -0.4 is 5.32 Å². The van der Waals surface area contributed by atoms with Gasteiger partial charge in [0, 0.05) is 16.8 Å². The fourth-order valence-electron chi connectivity index (χ4n) is 5.03. The number of benzene rings is 4. The number of carbonyl (C=O) groups excluding carboxylic acids is 2. The number of rotatable bonds is 6. The van der Waals surface area contributed by atoms with Crippen molar-refractivity contribution in [3.63, 3.8) is 0 Å². The molecule has 6 rings (SSSR count). The van der Waals surface area contributed by atoms with Gasteiger partial charge in [0.15, 0.2) is 5.78 Å². The zero-order chi connectivity index (χ0) is 25.5. The van der Waals surface area contributed by atoms with Gasteiger partial charge in [-0.05, 0) is 41.0 Å². The topological polar surface area (TPSA) is 101 Å². The average molecular weight is 488 g/mol. The van der Waals surface area contributed by atoms with E-state index in [0.29, 0.717) is 27.9 Å². The first-order chi connectivity index (χ1) is 18.0. The molecule has 7 heteroatoms. The monoisotopic (exact) mass is 487 g/mol. The molecule has 1 heterocycles. The average Bonchev–Trinajstić information content (AvgIpc) is 3.46. The van der Waals surface area contributed by atoms with Gasteiger partial charge in [0.05, 0.1) is 35.4 Å². The van der Waals surface area contributed by atoms with Crippen LogP contribution >= 0.6 is 0 Å². The smallest absolute Gasteiger partial charge is 0.305 e. The number of nitrogens with one attached hydrogen (secondary N) is 1. The number of carboxylic acid groups (broad SMARTS) is 1. The lowest BCUT2D eigenvalue weighted by Crippen LogP contribution is -2.16. The van der Waals surface area contributed by atoms with Crippen molar-refractivity contribution in [2.24, 2.45) is 0 Å². The lowest BCUT2D eigenvalue weighted by Gasteiger charge is -2.18. The Morgan fingerprint density at radius 3 is 2.38 bits per heavy atom. The fourth-order valence-corrected chi connectivity index (χ4v) is 5.03. The van der Waals surface area contributed by atoms with E-state index in [-0.39, 0.29) is 18.1 Å². The van der Waals surface area contributed by atoms with Gasteiger partial charge in [0.1, 0.15) is 0 Å². The second kappa shape index (κ2) is 8.87. The highest BCUT2D eigenvalue weighted by atomic mass is 16.4. The Bertz CT molecular complexity index is 1710. The first kappa shape index (κ1) is 22.4. The Kier molecular flexibility index (Phi) is 5.38. The molecule has 7 nitrogen and oxygen atoms in total. The molecule has 1 aromatic heterocycles. The van der Waals surface area contributed by atoms with E-state index in [4.69, 9.17) is 0 Å². The minimum Gasteiger partial charge on any atom is -0.481 e. The van der Waals surface area contributed by atoms with E-state index in [2.05, 4.69) is 10.3 Å². The Morgan fingerprint density at radius 2 is 1.59 bits per heavy atom. The summed E-state index contributed by atoms with van der Waals surface area (Å²) in [5.74, 6) is -1.45. The summed E-state index contributed by atoms with van der Waals surface area (Å²) in [6.07, 6.45) is 1.53. The van der Waals surface area contributed by atoms with Gasteiger partial charge in [-0.1, -0.05) is 66.7 Å². The first-order valence-electron chi connectivity index (χ1n) is 11.8. The number of imidazole rings is 1. The minimum absolute atomic E-state index is 0.0938. The van der Waals surface area contributed by atoms with Crippen LogP contribution in [0, 0.1) is 0 Å². The number of hydrogen-bond donors (Lipinski definition) is 2. The summed E-state index contributed by atoms with van der Waals surface area (Å²) in [6, 6.07) is 26.9. The third-order valence-electron chi connectivity index (χ3n) is 6.72. The highest BCUT2D eigenvalue weighted by Crippen LogP contribution is 2.38. The van der Waals surface area contributed by atoms with E-state index in [1.165, 1.54) is 0 Å². The number of nitrogens with zero attached hydrogens (tertiary/aromatic N) is 2. The number of anilines is 1. The molecular weight excluding hydrogens is 466 g/mol. The Hall–Kier alpha value is -5.04. The standard InChI is InChI=1S/C30H21N3O4/c34-27(35)16-26(18-7-2-1-3-8-18)33-17-31-24-15-19(13-14-25(24)33)32-30(37)23-12-6-11-21-20-9-4-5-10-22(20)29(36)28(21)23/h1-15,17,26H,16H2,(H,32,37)(H,34,35). The molecule has 1 atom stereocenters. The van der Waals surface area contributed by atoms with E-state index in [0.717, 1.165) is 22.2 Å². The van der Waals surface area contributed by atoms with Crippen molar-refractivity contribution in [3.8, 4) is 11.1 Å². The van der Waals surface area contributed by atoms with Gasteiger partial charge >= 0.3 is 5.97 Å². The van der Waals surface area contributed by atoms with E-state index < -0.39 is 12.0 Å². The molecule has 0 saturated carbocycles. The maximum absolute atomic E-state index is 13.3. The number of aliphatic carboxylic acids is 1. The van der Waals surface area contributed by atoms with Crippen LogP contribution in [0.25, 0.3) is 22.2 Å². The van der Waals surface area contributed by atoms with Crippen molar-refractivity contribution in [1.82, 2.24) is 9.55 Å². The predicted molar refractivity (Wildman–Crippen MR) is 140 cm³/mol. The van der Waals surface area contributed by atoms with E-state index >= 15 is 0 Å². The van der Waals surface area contributed by atoms with Crippen LogP contribution in [0.4, 0.5) is 5.69 Å². The second-order valence-corrected chi connectivity index (χ2v) is 8.94. The number of carbonyl (C=O) groups is 3. The molecule has 0 saturated heterocycles. The quantitative estimate of drug-likeness (QED) is 0.320. The summed E-state index contributed by atoms with van der Waals surface area (Å²) in [5, 5.41) is 12.4. The molecule has 4 aromatic carbocycles. The van der Waals surface area contributed by atoms with Crippen molar-refractivity contribution >= 4 is 34.4 Å². The normalized spacial score (nSPS) is 12.7. The molecule has 1 aliphatic rings. The van der Waals surface area contributed by atoms with Gasteiger partial charge in [0.25, 0.3) is 5.91 Å². The maximum atomic E-state index is 13.3. The van der Waals surface area contributed by atoms with Crippen molar-refractivity contribution < 1.29 is 19.5 Å². The number of amides is 1. The lowest BCUT2D eigenvalue weighted by molar-refractivity contribution is -0.137. The van der Waals surface area contributed by atoms with Crippen molar-refractivity contribution in [3.05, 3.63) is 120 Å². The summed E-state index contributed by atoms with van der Waals surface area (Å²) in [6.45, 7) is 0. The van der Waals surface area contributed by atoms with Crippen LogP contribution in [0.3, 0.4) is 0 Å². The Morgan fingerprint density at radius 1 is 0.865 bits per heavy atom. The Labute approximate surface area is 212 Å². The third-order valence-corrected chi connectivity index (χ3v) is 6.72. The molecule has 1 amide bonds. The van der Waals surface area contributed by atoms with Gasteiger partial charge < -0.3 is 15.0 Å². The zero-order valence-corrected chi connectivity index (χ0v) is 19.6. The van der Waals surface area contributed by atoms with Gasteiger partial charge in [-0.2, -0.15) is 0 Å². The summed E-state index contributed by atoms with van der Waals surface area (Å²) in [4.78, 5) is 42.4. The fraction of sp³-hybridized carbons (Fsp3) is 0.0667. The molecule has 180 valence electrons. The van der Waals surface area contributed by atoms with Crippen molar-refractivity contribution in [2.45, 2.75) is 12.5 Å². The maximum Gasteiger partial charge on any atom is 0.305 e. The van der Waals surface area contributed by atoms with Crippen molar-refractivity contribution in [2.75, 3.05) is 5.32 Å². The highest BCUT2D eigenvalue weighted by Gasteiger charge is 2.30. The molecule has 0 bridgehead atoms. The van der Waals surface area contributed by atoms with Gasteiger partial charge in [-0.15, -0.1) is 0 Å². The van der Waals surface area contributed by atoms with Crippen LogP contribution in [0.5, 0.6) is 0 Å². The largest absolute Gasteiger partial charge is 0.481 e. The lowest BCUT2D eigenvalue weighted by atomic mass is 10.00. The SMILES string of the molecule is O=C(O)CC(c1ccccc1)n1cnc2cc(NC(=O)c3cccc4c3C(=O)c3ccccc3-4)ccc21.